The van der Waals surface area contributed by atoms with Crippen LogP contribution in [0.15, 0.2) is 42.5 Å². The Kier molecular flexibility index (Phi) is 6.26. The third kappa shape index (κ3) is 4.67. The molecule has 1 amide bonds. The number of nitrogens with zero attached hydrogens (tertiary/aromatic N) is 3. The smallest absolute Gasteiger partial charge is 0.270 e. The van der Waals surface area contributed by atoms with Crippen molar-refractivity contribution in [3.05, 3.63) is 69.3 Å². The van der Waals surface area contributed by atoms with Gasteiger partial charge in [0.15, 0.2) is 0 Å². The molecule has 7 nitrogen and oxygen atoms in total. The number of nitro benzene ring substituents is 1. The van der Waals surface area contributed by atoms with E-state index < -0.39 is 4.92 Å². The van der Waals surface area contributed by atoms with Gasteiger partial charge in [-0.3, -0.25) is 19.8 Å². The highest BCUT2D eigenvalue weighted by Gasteiger charge is 2.19. The van der Waals surface area contributed by atoms with Crippen molar-refractivity contribution in [1.82, 2.24) is 10.2 Å². The van der Waals surface area contributed by atoms with E-state index in [1.807, 2.05) is 32.3 Å². The molecule has 0 aliphatic carbocycles. The molecule has 0 aromatic heterocycles. The Labute approximate surface area is 165 Å². The van der Waals surface area contributed by atoms with Gasteiger partial charge in [0, 0.05) is 45.0 Å². The van der Waals surface area contributed by atoms with Crippen LogP contribution < -0.4 is 10.2 Å². The van der Waals surface area contributed by atoms with Crippen LogP contribution in [0.4, 0.5) is 11.4 Å². The summed E-state index contributed by atoms with van der Waals surface area (Å²) in [6.07, 6.45) is 2.47. The van der Waals surface area contributed by atoms with Gasteiger partial charge in [-0.05, 0) is 43.1 Å². The van der Waals surface area contributed by atoms with Crippen molar-refractivity contribution in [2.24, 2.45) is 0 Å². The SMILES string of the molecule is CN(C)c1ccc([N+](=O)[O-])cc1C(=O)NCc1ccccc1CN1CCCC1. The normalized spacial score (nSPS) is 14.1. The molecule has 28 heavy (non-hydrogen) atoms. The molecular weight excluding hydrogens is 356 g/mol. The molecule has 1 N–H and O–H groups in total. The zero-order valence-corrected chi connectivity index (χ0v) is 16.4. The average Bonchev–Trinajstić information content (AvgIpc) is 3.19. The third-order valence-electron chi connectivity index (χ3n) is 5.07. The van der Waals surface area contributed by atoms with Crippen molar-refractivity contribution >= 4 is 17.3 Å². The summed E-state index contributed by atoms with van der Waals surface area (Å²) in [5.74, 6) is -0.316. The molecular formula is C21H26N4O3. The van der Waals surface area contributed by atoms with Gasteiger partial charge in [-0.1, -0.05) is 24.3 Å². The second-order valence-electron chi connectivity index (χ2n) is 7.29. The minimum Gasteiger partial charge on any atom is -0.377 e. The number of likely N-dealkylation sites (tertiary alicyclic amines) is 1. The Hall–Kier alpha value is -2.93. The first-order valence-electron chi connectivity index (χ1n) is 9.49. The van der Waals surface area contributed by atoms with Crippen LogP contribution in [0.2, 0.25) is 0 Å². The topological polar surface area (TPSA) is 78.7 Å². The summed E-state index contributed by atoms with van der Waals surface area (Å²) in [6.45, 7) is 3.49. The highest BCUT2D eigenvalue weighted by atomic mass is 16.6. The quantitative estimate of drug-likeness (QED) is 0.588. The number of benzene rings is 2. The maximum absolute atomic E-state index is 12.8. The van der Waals surface area contributed by atoms with E-state index >= 15 is 0 Å². The van der Waals surface area contributed by atoms with Crippen molar-refractivity contribution in [3.63, 3.8) is 0 Å². The molecule has 0 bridgehead atoms. The van der Waals surface area contributed by atoms with E-state index in [1.165, 1.54) is 30.5 Å². The molecule has 2 aromatic carbocycles. The van der Waals surface area contributed by atoms with Crippen LogP contribution in [0.1, 0.15) is 34.3 Å². The van der Waals surface area contributed by atoms with Crippen molar-refractivity contribution in [2.75, 3.05) is 32.1 Å². The molecule has 1 aliphatic heterocycles. The van der Waals surface area contributed by atoms with Crippen molar-refractivity contribution < 1.29 is 9.72 Å². The molecule has 0 radical (unpaired) electrons. The van der Waals surface area contributed by atoms with E-state index in [9.17, 15) is 14.9 Å². The number of non-ortho nitro benzene ring substituents is 1. The van der Waals surface area contributed by atoms with Crippen molar-refractivity contribution in [3.8, 4) is 0 Å². The second-order valence-corrected chi connectivity index (χ2v) is 7.29. The molecule has 1 aliphatic rings. The summed E-state index contributed by atoms with van der Waals surface area (Å²) in [7, 11) is 3.62. The minimum atomic E-state index is -0.485. The van der Waals surface area contributed by atoms with Gasteiger partial charge >= 0.3 is 0 Å². The molecule has 0 unspecified atom stereocenters. The molecule has 0 saturated carbocycles. The number of hydrogen-bond acceptors (Lipinski definition) is 5. The predicted molar refractivity (Wildman–Crippen MR) is 110 cm³/mol. The number of hydrogen-bond donors (Lipinski definition) is 1. The summed E-state index contributed by atoms with van der Waals surface area (Å²) >= 11 is 0. The predicted octanol–water partition coefficient (Wildman–Crippen LogP) is 3.19. The first kappa shape index (κ1) is 19.8. The monoisotopic (exact) mass is 382 g/mol. The van der Waals surface area contributed by atoms with Gasteiger partial charge in [-0.15, -0.1) is 0 Å². The third-order valence-corrected chi connectivity index (χ3v) is 5.07. The van der Waals surface area contributed by atoms with Crippen LogP contribution >= 0.6 is 0 Å². The Balaban J connectivity index is 1.75. The summed E-state index contributed by atoms with van der Waals surface area (Å²) in [4.78, 5) is 27.6. The van der Waals surface area contributed by atoms with E-state index in [0.29, 0.717) is 17.8 Å². The highest BCUT2D eigenvalue weighted by molar-refractivity contribution is 6.00. The van der Waals surface area contributed by atoms with E-state index in [4.69, 9.17) is 0 Å². The van der Waals surface area contributed by atoms with Gasteiger partial charge in [0.25, 0.3) is 11.6 Å². The lowest BCUT2D eigenvalue weighted by molar-refractivity contribution is -0.384. The molecule has 2 aromatic rings. The summed E-state index contributed by atoms with van der Waals surface area (Å²) in [6, 6.07) is 12.5. The van der Waals surface area contributed by atoms with Gasteiger partial charge in [0.1, 0.15) is 0 Å². The second kappa shape index (κ2) is 8.84. The first-order chi connectivity index (χ1) is 13.5. The van der Waals surface area contributed by atoms with Crippen LogP contribution in [0.5, 0.6) is 0 Å². The molecule has 0 spiro atoms. The fourth-order valence-corrected chi connectivity index (χ4v) is 3.55. The Morgan fingerprint density at radius 2 is 1.82 bits per heavy atom. The van der Waals surface area contributed by atoms with E-state index in [2.05, 4.69) is 16.3 Å². The number of nitrogens with one attached hydrogen (secondary N) is 1. The maximum Gasteiger partial charge on any atom is 0.270 e. The first-order valence-corrected chi connectivity index (χ1v) is 9.49. The summed E-state index contributed by atoms with van der Waals surface area (Å²) < 4.78 is 0. The molecule has 1 fully saturated rings. The fraction of sp³-hybridized carbons (Fsp3) is 0.381. The average molecular weight is 382 g/mol. The Morgan fingerprint density at radius 1 is 1.14 bits per heavy atom. The van der Waals surface area contributed by atoms with Gasteiger partial charge in [0.05, 0.1) is 10.5 Å². The zero-order valence-electron chi connectivity index (χ0n) is 16.4. The lowest BCUT2D eigenvalue weighted by atomic mass is 10.1. The van der Waals surface area contributed by atoms with Crippen LogP contribution in [-0.2, 0) is 13.1 Å². The molecule has 1 saturated heterocycles. The van der Waals surface area contributed by atoms with Gasteiger partial charge in [-0.25, -0.2) is 0 Å². The van der Waals surface area contributed by atoms with Crippen molar-refractivity contribution in [1.29, 1.82) is 0 Å². The number of amides is 1. The lowest BCUT2D eigenvalue weighted by Crippen LogP contribution is -2.26. The summed E-state index contributed by atoms with van der Waals surface area (Å²) in [5.41, 5.74) is 3.13. The lowest BCUT2D eigenvalue weighted by Gasteiger charge is -2.19. The minimum absolute atomic E-state index is 0.0924. The molecule has 1 heterocycles. The van der Waals surface area contributed by atoms with Crippen LogP contribution in [-0.4, -0.2) is 42.9 Å². The van der Waals surface area contributed by atoms with Crippen LogP contribution in [0, 0.1) is 10.1 Å². The molecule has 148 valence electrons. The van der Waals surface area contributed by atoms with Crippen LogP contribution in [0.25, 0.3) is 0 Å². The Bertz CT molecular complexity index is 860. The van der Waals surface area contributed by atoms with E-state index in [-0.39, 0.29) is 11.6 Å². The van der Waals surface area contributed by atoms with Crippen molar-refractivity contribution in [2.45, 2.75) is 25.9 Å². The van der Waals surface area contributed by atoms with Gasteiger partial charge in [-0.2, -0.15) is 0 Å². The van der Waals surface area contributed by atoms with Gasteiger partial charge < -0.3 is 10.2 Å². The standard InChI is InChI=1S/C21H26N4O3/c1-23(2)20-10-9-18(25(27)28)13-19(20)21(26)22-14-16-7-3-4-8-17(16)15-24-11-5-6-12-24/h3-4,7-10,13H,5-6,11-12,14-15H2,1-2H3,(H,22,26). The van der Waals surface area contributed by atoms with Gasteiger partial charge in [0.2, 0.25) is 0 Å². The largest absolute Gasteiger partial charge is 0.377 e. The number of rotatable bonds is 7. The Morgan fingerprint density at radius 3 is 2.46 bits per heavy atom. The van der Waals surface area contributed by atoms with E-state index in [0.717, 1.165) is 25.2 Å². The highest BCUT2D eigenvalue weighted by Crippen LogP contribution is 2.24. The molecule has 7 heteroatoms. The summed E-state index contributed by atoms with van der Waals surface area (Å²) in [5, 5.41) is 14.0. The number of carbonyl (C=O) groups excluding carboxylic acids is 1. The number of anilines is 1. The van der Waals surface area contributed by atoms with Crippen LogP contribution in [0.3, 0.4) is 0 Å². The fourth-order valence-electron chi connectivity index (χ4n) is 3.55. The molecule has 0 atom stereocenters. The number of carbonyl (C=O) groups is 1. The van der Waals surface area contributed by atoms with E-state index in [1.54, 1.807) is 11.0 Å². The molecule has 3 rings (SSSR count). The maximum atomic E-state index is 12.8. The number of nitro groups is 1. The zero-order chi connectivity index (χ0) is 20.1.